The van der Waals surface area contributed by atoms with Gasteiger partial charge in [0.05, 0.1) is 13.7 Å². The highest BCUT2D eigenvalue weighted by atomic mass is 19.1. The lowest BCUT2D eigenvalue weighted by Crippen LogP contribution is -2.38. The molecule has 22 heavy (non-hydrogen) atoms. The number of hydrogen-bond donors (Lipinski definition) is 0. The van der Waals surface area contributed by atoms with E-state index < -0.39 is 0 Å². The van der Waals surface area contributed by atoms with Crippen LogP contribution in [0.15, 0.2) is 22.6 Å². The molecule has 2 aromatic rings. The first-order valence-electron chi connectivity index (χ1n) is 7.12. The van der Waals surface area contributed by atoms with Crippen molar-refractivity contribution >= 4 is 0 Å². The van der Waals surface area contributed by atoms with Crippen LogP contribution in [0.3, 0.4) is 0 Å². The molecule has 1 aliphatic rings. The fourth-order valence-corrected chi connectivity index (χ4v) is 2.48. The van der Waals surface area contributed by atoms with Crippen LogP contribution in [0.1, 0.15) is 23.4 Å². The van der Waals surface area contributed by atoms with Crippen LogP contribution < -0.4 is 4.74 Å². The SMILES string of the molecule is COc1ccc(F)c(CN2CCOC(c3nnc(C)o3)C2)c1. The number of benzene rings is 1. The Labute approximate surface area is 127 Å². The second-order valence-electron chi connectivity index (χ2n) is 5.21. The molecule has 1 unspecified atom stereocenters. The molecule has 6 nitrogen and oxygen atoms in total. The first-order valence-corrected chi connectivity index (χ1v) is 7.12. The van der Waals surface area contributed by atoms with Crippen molar-refractivity contribution < 1.29 is 18.3 Å². The number of methoxy groups -OCH3 is 1. The smallest absolute Gasteiger partial charge is 0.246 e. The number of rotatable bonds is 4. The van der Waals surface area contributed by atoms with Gasteiger partial charge < -0.3 is 13.9 Å². The molecule has 0 spiro atoms. The molecule has 3 rings (SSSR count). The van der Waals surface area contributed by atoms with Crippen LogP contribution in [0.4, 0.5) is 4.39 Å². The topological polar surface area (TPSA) is 60.6 Å². The van der Waals surface area contributed by atoms with Gasteiger partial charge in [-0.15, -0.1) is 10.2 Å². The van der Waals surface area contributed by atoms with E-state index >= 15 is 0 Å². The first-order chi connectivity index (χ1) is 10.7. The summed E-state index contributed by atoms with van der Waals surface area (Å²) >= 11 is 0. The van der Waals surface area contributed by atoms with Crippen LogP contribution in [-0.2, 0) is 11.3 Å². The third-order valence-corrected chi connectivity index (χ3v) is 3.61. The minimum atomic E-state index is -0.274. The van der Waals surface area contributed by atoms with Gasteiger partial charge in [-0.1, -0.05) is 0 Å². The average Bonchev–Trinajstić information content (AvgIpc) is 2.96. The Balaban J connectivity index is 1.70. The lowest BCUT2D eigenvalue weighted by molar-refractivity contribution is -0.0459. The Bertz CT molecular complexity index is 647. The summed E-state index contributed by atoms with van der Waals surface area (Å²) in [6.45, 7) is 4.06. The van der Waals surface area contributed by atoms with Crippen LogP contribution >= 0.6 is 0 Å². The normalized spacial score (nSPS) is 19.3. The first kappa shape index (κ1) is 14.9. The summed E-state index contributed by atoms with van der Waals surface area (Å²) in [6.07, 6.45) is -0.274. The monoisotopic (exact) mass is 307 g/mol. The summed E-state index contributed by atoms with van der Waals surface area (Å²) in [5.74, 6) is 1.38. The molecule has 1 aromatic carbocycles. The Kier molecular flexibility index (Phi) is 4.35. The summed E-state index contributed by atoms with van der Waals surface area (Å²) < 4.78 is 30.2. The van der Waals surface area contributed by atoms with Gasteiger partial charge in [0.1, 0.15) is 17.7 Å². The molecule has 1 aromatic heterocycles. The largest absolute Gasteiger partial charge is 0.497 e. The molecule has 1 atom stereocenters. The van der Waals surface area contributed by atoms with Crippen molar-refractivity contribution in [1.82, 2.24) is 15.1 Å². The van der Waals surface area contributed by atoms with Crippen LogP contribution in [0.5, 0.6) is 5.75 Å². The fraction of sp³-hybridized carbons (Fsp3) is 0.467. The van der Waals surface area contributed by atoms with E-state index in [1.807, 2.05) is 0 Å². The third kappa shape index (κ3) is 3.26. The zero-order valence-corrected chi connectivity index (χ0v) is 12.6. The van der Waals surface area contributed by atoms with E-state index in [-0.39, 0.29) is 11.9 Å². The molecule has 1 aliphatic heterocycles. The molecule has 1 saturated heterocycles. The fourth-order valence-electron chi connectivity index (χ4n) is 2.48. The van der Waals surface area contributed by atoms with Crippen molar-refractivity contribution in [3.8, 4) is 5.75 Å². The average molecular weight is 307 g/mol. The van der Waals surface area contributed by atoms with Crippen molar-refractivity contribution in [1.29, 1.82) is 0 Å². The number of ether oxygens (including phenoxy) is 2. The quantitative estimate of drug-likeness (QED) is 0.862. The van der Waals surface area contributed by atoms with Gasteiger partial charge in [0.25, 0.3) is 0 Å². The highest BCUT2D eigenvalue weighted by Crippen LogP contribution is 2.24. The van der Waals surface area contributed by atoms with Crippen molar-refractivity contribution in [2.24, 2.45) is 0 Å². The number of hydrogen-bond acceptors (Lipinski definition) is 6. The molecular formula is C15H18FN3O3. The maximum Gasteiger partial charge on any atom is 0.246 e. The van der Waals surface area contributed by atoms with Gasteiger partial charge in [-0.25, -0.2) is 4.39 Å². The zero-order chi connectivity index (χ0) is 15.5. The highest BCUT2D eigenvalue weighted by Gasteiger charge is 2.26. The van der Waals surface area contributed by atoms with Gasteiger partial charge in [0, 0.05) is 32.1 Å². The van der Waals surface area contributed by atoms with Crippen molar-refractivity contribution in [2.45, 2.75) is 19.6 Å². The summed E-state index contributed by atoms with van der Waals surface area (Å²) in [4.78, 5) is 2.10. The van der Waals surface area contributed by atoms with Crippen molar-refractivity contribution in [3.63, 3.8) is 0 Å². The van der Waals surface area contributed by atoms with Gasteiger partial charge in [-0.2, -0.15) is 0 Å². The van der Waals surface area contributed by atoms with E-state index in [0.717, 1.165) is 6.54 Å². The van der Waals surface area contributed by atoms with Gasteiger partial charge >= 0.3 is 0 Å². The van der Waals surface area contributed by atoms with Gasteiger partial charge in [-0.05, 0) is 18.2 Å². The molecule has 0 N–H and O–H groups in total. The number of aryl methyl sites for hydroxylation is 1. The minimum absolute atomic E-state index is 0.238. The summed E-state index contributed by atoms with van der Waals surface area (Å²) in [7, 11) is 1.57. The molecule has 2 heterocycles. The lowest BCUT2D eigenvalue weighted by atomic mass is 10.1. The summed E-state index contributed by atoms with van der Waals surface area (Å²) in [6, 6.07) is 4.76. The Morgan fingerprint density at radius 2 is 2.27 bits per heavy atom. The molecule has 118 valence electrons. The predicted octanol–water partition coefficient (Wildman–Crippen LogP) is 2.10. The molecule has 0 aliphatic carbocycles. The van der Waals surface area contributed by atoms with Crippen molar-refractivity contribution in [2.75, 3.05) is 26.8 Å². The van der Waals surface area contributed by atoms with Gasteiger partial charge in [-0.3, -0.25) is 4.90 Å². The number of morpholine rings is 1. The van der Waals surface area contributed by atoms with E-state index in [1.165, 1.54) is 6.07 Å². The molecule has 0 saturated carbocycles. The number of aromatic nitrogens is 2. The van der Waals surface area contributed by atoms with Gasteiger partial charge in [0.2, 0.25) is 11.8 Å². The second kappa shape index (κ2) is 6.41. The summed E-state index contributed by atoms with van der Waals surface area (Å²) in [5.41, 5.74) is 0.599. The maximum absolute atomic E-state index is 13.9. The Hall–Kier alpha value is -1.99. The second-order valence-corrected chi connectivity index (χ2v) is 5.21. The van der Waals surface area contributed by atoms with E-state index in [4.69, 9.17) is 13.9 Å². The predicted molar refractivity (Wildman–Crippen MR) is 76.0 cm³/mol. The van der Waals surface area contributed by atoms with E-state index in [0.29, 0.717) is 42.8 Å². The minimum Gasteiger partial charge on any atom is -0.497 e. The third-order valence-electron chi connectivity index (χ3n) is 3.61. The zero-order valence-electron chi connectivity index (χ0n) is 12.6. The molecule has 1 fully saturated rings. The molecular weight excluding hydrogens is 289 g/mol. The standard InChI is InChI=1S/C15H18FN3O3/c1-10-17-18-15(22-10)14-9-19(5-6-21-14)8-11-7-12(20-2)3-4-13(11)16/h3-4,7,14H,5-6,8-9H2,1-2H3. The Morgan fingerprint density at radius 3 is 3.00 bits per heavy atom. The molecule has 7 heteroatoms. The number of halogens is 1. The van der Waals surface area contributed by atoms with E-state index in [1.54, 1.807) is 26.2 Å². The van der Waals surface area contributed by atoms with E-state index in [9.17, 15) is 4.39 Å². The highest BCUT2D eigenvalue weighted by molar-refractivity contribution is 5.29. The van der Waals surface area contributed by atoms with Crippen LogP contribution in [0, 0.1) is 12.7 Å². The maximum atomic E-state index is 13.9. The summed E-state index contributed by atoms with van der Waals surface area (Å²) in [5, 5.41) is 7.81. The van der Waals surface area contributed by atoms with Gasteiger partial charge in [0.15, 0.2) is 0 Å². The number of nitrogens with zero attached hydrogens (tertiary/aromatic N) is 3. The van der Waals surface area contributed by atoms with E-state index in [2.05, 4.69) is 15.1 Å². The van der Waals surface area contributed by atoms with Crippen LogP contribution in [-0.4, -0.2) is 41.9 Å². The van der Waals surface area contributed by atoms with Crippen LogP contribution in [0.2, 0.25) is 0 Å². The molecule has 0 bridgehead atoms. The lowest BCUT2D eigenvalue weighted by Gasteiger charge is -2.31. The molecule has 0 radical (unpaired) electrons. The Morgan fingerprint density at radius 1 is 1.41 bits per heavy atom. The van der Waals surface area contributed by atoms with Crippen molar-refractivity contribution in [3.05, 3.63) is 41.4 Å². The molecule has 0 amide bonds. The van der Waals surface area contributed by atoms with Crippen LogP contribution in [0.25, 0.3) is 0 Å².